The molecule has 3 aromatic rings. The number of nitrogens with two attached hydrogens (primary N) is 1. The van der Waals surface area contributed by atoms with E-state index in [1.807, 2.05) is 0 Å². The number of H-pyrrole nitrogens is 1. The van der Waals surface area contributed by atoms with E-state index in [9.17, 15) is 13.6 Å². The zero-order valence-electron chi connectivity index (χ0n) is 14.1. The number of rotatable bonds is 4. The number of halogens is 2. The maximum Gasteiger partial charge on any atom is 0.391 e. The highest BCUT2D eigenvalue weighted by Crippen LogP contribution is 2.29. The lowest BCUT2D eigenvalue weighted by atomic mass is 10.0. The number of benzene rings is 1. The van der Waals surface area contributed by atoms with Crippen molar-refractivity contribution in [2.45, 2.75) is 12.8 Å². The highest BCUT2D eigenvalue weighted by Gasteiger charge is 2.24. The van der Waals surface area contributed by atoms with Gasteiger partial charge in [-0.1, -0.05) is 4.98 Å². The molecule has 0 radical (unpaired) electrons. The molecule has 1 aliphatic rings. The van der Waals surface area contributed by atoms with Gasteiger partial charge in [-0.2, -0.15) is 0 Å². The van der Waals surface area contributed by atoms with Gasteiger partial charge in [0.15, 0.2) is 5.82 Å². The van der Waals surface area contributed by atoms with Crippen molar-refractivity contribution >= 4 is 22.7 Å². The molecule has 0 bridgehead atoms. The van der Waals surface area contributed by atoms with E-state index >= 15 is 0 Å². The minimum atomic E-state index is -0.943. The molecule has 0 saturated heterocycles. The van der Waals surface area contributed by atoms with Crippen LogP contribution in [0.25, 0.3) is 22.2 Å². The number of fused-ring (bicyclic) bond motifs is 1. The molecule has 1 saturated carbocycles. The fourth-order valence-electron chi connectivity index (χ4n) is 2.93. The van der Waals surface area contributed by atoms with Gasteiger partial charge in [0.05, 0.1) is 34.9 Å². The first-order valence-electron chi connectivity index (χ1n) is 8.36. The lowest BCUT2D eigenvalue weighted by molar-refractivity contribution is -0.363. The monoisotopic (exact) mass is 358 g/mol. The Balaban J connectivity index is 1.85. The van der Waals surface area contributed by atoms with Crippen LogP contribution in [0.3, 0.4) is 0 Å². The summed E-state index contributed by atoms with van der Waals surface area (Å²) in [6, 6.07) is 3.60. The van der Waals surface area contributed by atoms with E-state index in [1.54, 1.807) is 6.20 Å². The van der Waals surface area contributed by atoms with E-state index in [-0.39, 0.29) is 11.3 Å². The standard InChI is InChI=1S/C18H17F2N5O/c1-25-16-10(8-23-18(24-16)22-7-9-2-3-9)6-11(17(25)26)14-12(19)4-5-13(21)15(14)20/h4-6,8-9H,2-3,7,21H2,1H3,(H,22,23,24)/p+1. The topological polar surface area (TPSA) is 87.1 Å². The molecule has 6 nitrogen and oxygen atoms in total. The van der Waals surface area contributed by atoms with Crippen LogP contribution in [0.5, 0.6) is 0 Å². The van der Waals surface area contributed by atoms with Crippen LogP contribution in [-0.2, 0) is 7.05 Å². The van der Waals surface area contributed by atoms with Gasteiger partial charge in [-0.25, -0.2) is 13.8 Å². The van der Waals surface area contributed by atoms with Crippen LogP contribution in [0.15, 0.2) is 29.2 Å². The van der Waals surface area contributed by atoms with Crippen molar-refractivity contribution < 1.29 is 13.8 Å². The maximum atomic E-state index is 14.4. The normalized spacial score (nSPS) is 14.0. The molecule has 0 spiro atoms. The quantitative estimate of drug-likeness (QED) is 0.699. The van der Waals surface area contributed by atoms with E-state index in [0.29, 0.717) is 22.9 Å². The van der Waals surface area contributed by atoms with E-state index in [4.69, 9.17) is 5.73 Å². The second-order valence-corrected chi connectivity index (χ2v) is 6.60. The maximum absolute atomic E-state index is 14.4. The zero-order valence-corrected chi connectivity index (χ0v) is 14.1. The zero-order chi connectivity index (χ0) is 18.4. The van der Waals surface area contributed by atoms with E-state index < -0.39 is 22.8 Å². The van der Waals surface area contributed by atoms with Gasteiger partial charge in [0, 0.05) is 7.05 Å². The number of hydrogen-bond donors (Lipinski definition) is 2. The van der Waals surface area contributed by atoms with Crippen molar-refractivity contribution in [3.8, 4) is 11.1 Å². The molecule has 4 rings (SSSR count). The minimum Gasteiger partial charge on any atom is -0.396 e. The van der Waals surface area contributed by atoms with Gasteiger partial charge < -0.3 is 5.73 Å². The van der Waals surface area contributed by atoms with Crippen molar-refractivity contribution in [3.63, 3.8) is 0 Å². The van der Waals surface area contributed by atoms with Crippen LogP contribution in [0, 0.1) is 17.6 Å². The first kappa shape index (κ1) is 16.4. The van der Waals surface area contributed by atoms with Gasteiger partial charge in [-0.3, -0.25) is 14.7 Å². The molecule has 0 atom stereocenters. The fourth-order valence-corrected chi connectivity index (χ4v) is 2.93. The Morgan fingerprint density at radius 1 is 1.38 bits per heavy atom. The Morgan fingerprint density at radius 3 is 2.88 bits per heavy atom. The second kappa shape index (κ2) is 6.05. The van der Waals surface area contributed by atoms with Gasteiger partial charge in [-0.05, 0) is 37.0 Å². The Hall–Kier alpha value is -3.03. The SMILES string of the molecule is Cn1c(=O)c(-c2c(F)ccc(N)c2F)cc2c[nH+]c(NCC3CC3)nc21. The summed E-state index contributed by atoms with van der Waals surface area (Å²) in [4.78, 5) is 20.1. The van der Waals surface area contributed by atoms with Crippen LogP contribution in [0.1, 0.15) is 12.8 Å². The number of nitrogen functional groups attached to an aromatic ring is 1. The highest BCUT2D eigenvalue weighted by molar-refractivity contribution is 5.81. The molecular weight excluding hydrogens is 340 g/mol. The van der Waals surface area contributed by atoms with Crippen LogP contribution < -0.4 is 21.6 Å². The number of nitrogens with zero attached hydrogens (tertiary/aromatic N) is 2. The Bertz CT molecular complexity index is 1080. The van der Waals surface area contributed by atoms with E-state index in [0.717, 1.165) is 18.7 Å². The molecule has 0 unspecified atom stereocenters. The van der Waals surface area contributed by atoms with E-state index in [1.165, 1.54) is 30.5 Å². The van der Waals surface area contributed by atoms with Crippen molar-refractivity contribution in [2.75, 3.05) is 17.6 Å². The smallest absolute Gasteiger partial charge is 0.391 e. The molecule has 2 aromatic heterocycles. The third-order valence-electron chi connectivity index (χ3n) is 4.64. The van der Waals surface area contributed by atoms with Gasteiger partial charge in [0.1, 0.15) is 5.82 Å². The van der Waals surface area contributed by atoms with Gasteiger partial charge in [-0.15, -0.1) is 0 Å². The van der Waals surface area contributed by atoms with E-state index in [2.05, 4.69) is 15.3 Å². The molecule has 1 fully saturated rings. The van der Waals surface area contributed by atoms with Crippen LogP contribution in [0.4, 0.5) is 20.4 Å². The average molecular weight is 358 g/mol. The van der Waals surface area contributed by atoms with Crippen molar-refractivity contribution in [1.82, 2.24) is 9.55 Å². The predicted octanol–water partition coefficient (Wildman–Crippen LogP) is 2.10. The number of pyridine rings is 1. The number of aryl methyl sites for hydroxylation is 1. The van der Waals surface area contributed by atoms with Crippen molar-refractivity contribution in [2.24, 2.45) is 13.0 Å². The predicted molar refractivity (Wildman–Crippen MR) is 94.5 cm³/mol. The summed E-state index contributed by atoms with van der Waals surface area (Å²) in [7, 11) is 1.52. The lowest BCUT2D eigenvalue weighted by Gasteiger charge is -2.09. The Labute approximate surface area is 147 Å². The number of hydrogen-bond acceptors (Lipinski definition) is 4. The number of anilines is 2. The molecule has 8 heteroatoms. The first-order valence-corrected chi connectivity index (χ1v) is 8.36. The van der Waals surface area contributed by atoms with Crippen molar-refractivity contribution in [1.29, 1.82) is 0 Å². The highest BCUT2D eigenvalue weighted by atomic mass is 19.1. The summed E-state index contributed by atoms with van der Waals surface area (Å²) in [5, 5.41) is 3.75. The third-order valence-corrected chi connectivity index (χ3v) is 4.64. The molecule has 0 aliphatic heterocycles. The Morgan fingerprint density at radius 2 is 2.15 bits per heavy atom. The molecule has 2 heterocycles. The largest absolute Gasteiger partial charge is 0.396 e. The van der Waals surface area contributed by atoms with Gasteiger partial charge in [0.2, 0.25) is 5.65 Å². The number of aromatic nitrogens is 3. The summed E-state index contributed by atoms with van der Waals surface area (Å²) in [6.45, 7) is 0.820. The molecular formula is C18H18F2N5O+. The van der Waals surface area contributed by atoms with Gasteiger partial charge in [0.25, 0.3) is 5.56 Å². The third kappa shape index (κ3) is 2.77. The summed E-state index contributed by atoms with van der Waals surface area (Å²) < 4.78 is 29.8. The molecule has 1 aliphatic carbocycles. The molecule has 1 aromatic carbocycles. The molecule has 4 N–H and O–H groups in total. The minimum absolute atomic E-state index is 0.101. The molecule has 0 amide bonds. The summed E-state index contributed by atoms with van der Waals surface area (Å²) in [6.07, 6.45) is 4.07. The van der Waals surface area contributed by atoms with Gasteiger partial charge >= 0.3 is 5.95 Å². The van der Waals surface area contributed by atoms with Crippen LogP contribution in [0.2, 0.25) is 0 Å². The van der Waals surface area contributed by atoms with Crippen LogP contribution in [-0.4, -0.2) is 16.1 Å². The van der Waals surface area contributed by atoms with Crippen molar-refractivity contribution in [3.05, 3.63) is 46.4 Å². The number of aromatic amines is 1. The fraction of sp³-hybridized carbons (Fsp3) is 0.278. The first-order chi connectivity index (χ1) is 12.5. The number of nitrogens with one attached hydrogen (secondary N) is 2. The Kier molecular flexibility index (Phi) is 3.82. The average Bonchev–Trinajstić information content (AvgIpc) is 3.45. The molecule has 26 heavy (non-hydrogen) atoms. The lowest BCUT2D eigenvalue weighted by Crippen LogP contribution is -2.24. The second-order valence-electron chi connectivity index (χ2n) is 6.60. The van der Waals surface area contributed by atoms with Crippen LogP contribution >= 0.6 is 0 Å². The molecule has 134 valence electrons. The summed E-state index contributed by atoms with van der Waals surface area (Å²) in [5.74, 6) is -0.566. The summed E-state index contributed by atoms with van der Waals surface area (Å²) >= 11 is 0. The summed E-state index contributed by atoms with van der Waals surface area (Å²) in [5.41, 5.74) is 4.66.